The van der Waals surface area contributed by atoms with Crippen molar-refractivity contribution in [2.45, 2.75) is 58.3 Å². The van der Waals surface area contributed by atoms with Crippen LogP contribution >= 0.6 is 0 Å². The Bertz CT molecular complexity index is 366. The van der Waals surface area contributed by atoms with E-state index in [9.17, 15) is 13.2 Å². The molecule has 106 valence electrons. The molecule has 0 aromatic heterocycles. The predicted molar refractivity (Wildman–Crippen MR) is 66.8 cm³/mol. The van der Waals surface area contributed by atoms with Crippen molar-refractivity contribution in [2.75, 3.05) is 6.54 Å². The third-order valence-corrected chi connectivity index (χ3v) is 3.23. The lowest BCUT2D eigenvalue weighted by Crippen LogP contribution is -2.44. The van der Waals surface area contributed by atoms with Crippen LogP contribution in [0.25, 0.3) is 0 Å². The second kappa shape index (κ2) is 5.88. The van der Waals surface area contributed by atoms with Crippen LogP contribution in [0.5, 0.6) is 0 Å². The highest BCUT2D eigenvalue weighted by atomic mass is 32.2. The van der Waals surface area contributed by atoms with Gasteiger partial charge in [-0.05, 0) is 40.5 Å². The van der Waals surface area contributed by atoms with Gasteiger partial charge in [0, 0.05) is 6.54 Å². The molecule has 1 aliphatic rings. The highest BCUT2D eigenvalue weighted by molar-refractivity contribution is 7.67. The van der Waals surface area contributed by atoms with E-state index in [4.69, 9.17) is 8.92 Å². The van der Waals surface area contributed by atoms with Crippen LogP contribution in [0.15, 0.2) is 0 Å². The molecular formula is C11H21NO5S. The molecular weight excluding hydrogens is 258 g/mol. The molecule has 1 amide bonds. The van der Waals surface area contributed by atoms with E-state index in [1.807, 2.05) is 0 Å². The molecule has 1 heterocycles. The van der Waals surface area contributed by atoms with Crippen LogP contribution < -0.4 is 0 Å². The zero-order chi connectivity index (χ0) is 13.9. The number of thiol groups is 1. The Morgan fingerprint density at radius 1 is 1.39 bits per heavy atom. The van der Waals surface area contributed by atoms with Crippen molar-refractivity contribution in [2.24, 2.45) is 0 Å². The van der Waals surface area contributed by atoms with Crippen LogP contribution in [0, 0.1) is 0 Å². The van der Waals surface area contributed by atoms with Crippen LogP contribution in [-0.4, -0.2) is 43.7 Å². The molecule has 0 saturated carbocycles. The number of carbonyl (C=O) groups is 1. The maximum atomic E-state index is 12.0. The number of carbonyl (C=O) groups excluding carboxylic acids is 1. The molecule has 1 rings (SSSR count). The summed E-state index contributed by atoms with van der Waals surface area (Å²) < 4.78 is 31.1. The fourth-order valence-corrected chi connectivity index (χ4v) is 2.45. The highest BCUT2D eigenvalue weighted by Gasteiger charge is 2.36. The van der Waals surface area contributed by atoms with Crippen molar-refractivity contribution in [3.63, 3.8) is 0 Å². The smallest absolute Gasteiger partial charge is 0.410 e. The summed E-state index contributed by atoms with van der Waals surface area (Å²) >= 11 is 0. The average Bonchev–Trinajstić information content (AvgIpc) is 2.61. The standard InChI is InChI=1S/C11H21NO5S/c1-8(17-18(14)15)9-6-5-7-12(9)10(13)16-11(2,3)4/h8-9,18H,5-7H2,1-4H3/t8?,9-/m0/s1. The zero-order valence-electron chi connectivity index (χ0n) is 11.2. The first kappa shape index (κ1) is 15.2. The summed E-state index contributed by atoms with van der Waals surface area (Å²) in [6, 6.07) is -0.243. The van der Waals surface area contributed by atoms with Crippen LogP contribution in [0.1, 0.15) is 40.5 Å². The lowest BCUT2D eigenvalue weighted by molar-refractivity contribution is 0.0121. The molecule has 0 aromatic carbocycles. The Balaban J connectivity index is 2.67. The molecule has 0 bridgehead atoms. The van der Waals surface area contributed by atoms with Crippen molar-refractivity contribution in [1.29, 1.82) is 0 Å². The second-order valence-corrected chi connectivity index (χ2v) is 6.08. The molecule has 18 heavy (non-hydrogen) atoms. The summed E-state index contributed by atoms with van der Waals surface area (Å²) in [5.74, 6) is 0. The Hall–Kier alpha value is -0.820. The normalized spacial score (nSPS) is 22.3. The van der Waals surface area contributed by atoms with Crippen LogP contribution in [0.2, 0.25) is 0 Å². The van der Waals surface area contributed by atoms with Crippen molar-refractivity contribution < 1.29 is 22.1 Å². The van der Waals surface area contributed by atoms with E-state index in [1.54, 1.807) is 32.6 Å². The van der Waals surface area contributed by atoms with Crippen LogP contribution in [0.4, 0.5) is 4.79 Å². The quantitative estimate of drug-likeness (QED) is 0.789. The molecule has 1 fully saturated rings. The molecule has 1 unspecified atom stereocenters. The summed E-state index contributed by atoms with van der Waals surface area (Å²) in [7, 11) is -2.90. The third-order valence-electron chi connectivity index (χ3n) is 2.72. The Kier molecular flexibility index (Phi) is 4.98. The maximum absolute atomic E-state index is 12.0. The van der Waals surface area contributed by atoms with Gasteiger partial charge < -0.3 is 9.64 Å². The van der Waals surface area contributed by atoms with Crippen molar-refractivity contribution in [1.82, 2.24) is 4.90 Å². The fourth-order valence-electron chi connectivity index (χ4n) is 2.03. The molecule has 2 atom stereocenters. The van der Waals surface area contributed by atoms with E-state index in [0.717, 1.165) is 12.8 Å². The fraction of sp³-hybridized carbons (Fsp3) is 0.909. The lowest BCUT2D eigenvalue weighted by atomic mass is 10.1. The first-order valence-corrected chi connectivity index (χ1v) is 7.11. The van der Waals surface area contributed by atoms with Crippen molar-refractivity contribution in [3.05, 3.63) is 0 Å². The topological polar surface area (TPSA) is 72.9 Å². The average molecular weight is 279 g/mol. The van der Waals surface area contributed by atoms with Gasteiger partial charge in [-0.15, -0.1) is 0 Å². The Morgan fingerprint density at radius 2 is 2.00 bits per heavy atom. The van der Waals surface area contributed by atoms with Gasteiger partial charge in [0.1, 0.15) is 5.60 Å². The molecule has 0 radical (unpaired) electrons. The molecule has 1 aliphatic heterocycles. The molecule has 0 N–H and O–H groups in total. The Morgan fingerprint density at radius 3 is 2.50 bits per heavy atom. The van der Waals surface area contributed by atoms with E-state index in [1.165, 1.54) is 0 Å². The first-order chi connectivity index (χ1) is 8.20. The number of amides is 1. The van der Waals surface area contributed by atoms with Gasteiger partial charge in [-0.25, -0.2) is 13.2 Å². The number of hydrogen-bond donors (Lipinski definition) is 1. The van der Waals surface area contributed by atoms with E-state index in [0.29, 0.717) is 6.54 Å². The molecule has 7 heteroatoms. The molecule has 0 aromatic rings. The molecule has 6 nitrogen and oxygen atoms in total. The monoisotopic (exact) mass is 279 g/mol. The maximum Gasteiger partial charge on any atom is 0.410 e. The first-order valence-electron chi connectivity index (χ1n) is 6.01. The van der Waals surface area contributed by atoms with Gasteiger partial charge in [-0.2, -0.15) is 0 Å². The summed E-state index contributed by atoms with van der Waals surface area (Å²) in [6.45, 7) is 7.61. The minimum absolute atomic E-state index is 0.243. The lowest BCUT2D eigenvalue weighted by Gasteiger charge is -2.30. The number of rotatable bonds is 3. The molecule has 1 saturated heterocycles. The predicted octanol–water partition coefficient (Wildman–Crippen LogP) is 1.32. The second-order valence-electron chi connectivity index (χ2n) is 5.42. The van der Waals surface area contributed by atoms with Gasteiger partial charge in [-0.1, -0.05) is 0 Å². The largest absolute Gasteiger partial charge is 0.444 e. The number of likely N-dealkylation sites (tertiary alicyclic amines) is 1. The van der Waals surface area contributed by atoms with Crippen LogP contribution in [-0.2, 0) is 19.9 Å². The zero-order valence-corrected chi connectivity index (χ0v) is 12.1. The SMILES string of the molecule is CC(O[SH](=O)=O)[C@@H]1CCCN1C(=O)OC(C)(C)C. The van der Waals surface area contributed by atoms with E-state index >= 15 is 0 Å². The Labute approximate surface area is 109 Å². The number of ether oxygens (including phenoxy) is 1. The van der Waals surface area contributed by atoms with Crippen molar-refractivity contribution in [3.8, 4) is 0 Å². The summed E-state index contributed by atoms with van der Waals surface area (Å²) in [5, 5.41) is 0. The third kappa shape index (κ3) is 4.45. The van der Waals surface area contributed by atoms with Crippen LogP contribution in [0.3, 0.4) is 0 Å². The number of nitrogens with zero attached hydrogens (tertiary/aromatic N) is 1. The molecule has 0 spiro atoms. The van der Waals surface area contributed by atoms with Gasteiger partial charge in [0.25, 0.3) is 11.0 Å². The highest BCUT2D eigenvalue weighted by Crippen LogP contribution is 2.24. The van der Waals surface area contributed by atoms with E-state index in [-0.39, 0.29) is 6.04 Å². The molecule has 0 aliphatic carbocycles. The van der Waals surface area contributed by atoms with Gasteiger partial charge in [0.05, 0.1) is 12.1 Å². The summed E-state index contributed by atoms with van der Waals surface area (Å²) in [4.78, 5) is 13.5. The van der Waals surface area contributed by atoms with Gasteiger partial charge in [0.15, 0.2) is 0 Å². The van der Waals surface area contributed by atoms with E-state index in [2.05, 4.69) is 0 Å². The van der Waals surface area contributed by atoms with Crippen molar-refractivity contribution >= 4 is 17.1 Å². The number of hydrogen-bond acceptors (Lipinski definition) is 5. The summed E-state index contributed by atoms with van der Waals surface area (Å²) in [6.07, 6.45) is 0.597. The van der Waals surface area contributed by atoms with Gasteiger partial charge in [-0.3, -0.25) is 4.18 Å². The summed E-state index contributed by atoms with van der Waals surface area (Å²) in [5.41, 5.74) is -0.558. The van der Waals surface area contributed by atoms with Gasteiger partial charge in [0.2, 0.25) is 0 Å². The minimum atomic E-state index is -2.90. The minimum Gasteiger partial charge on any atom is -0.444 e. The van der Waals surface area contributed by atoms with E-state index < -0.39 is 28.8 Å². The van der Waals surface area contributed by atoms with Gasteiger partial charge >= 0.3 is 6.09 Å².